The lowest BCUT2D eigenvalue weighted by molar-refractivity contribution is -0.130. The van der Waals surface area contributed by atoms with Gasteiger partial charge in [-0.2, -0.15) is 0 Å². The van der Waals surface area contributed by atoms with E-state index in [-0.39, 0.29) is 0 Å². The summed E-state index contributed by atoms with van der Waals surface area (Å²) in [6.45, 7) is 0. The topological polar surface area (TPSA) is 39.2 Å². The third-order valence-electron chi connectivity index (χ3n) is 3.87. The van der Waals surface area contributed by atoms with Gasteiger partial charge >= 0.3 is 5.97 Å². The fourth-order valence-corrected chi connectivity index (χ4v) is 2.95. The lowest BCUT2D eigenvalue weighted by atomic mass is 10.1. The number of carbonyl (C=O) groups is 1. The second-order valence-electron chi connectivity index (χ2n) is 5.57. The van der Waals surface area contributed by atoms with Crippen LogP contribution in [0.15, 0.2) is 66.2 Å². The quantitative estimate of drug-likeness (QED) is 0.340. The summed E-state index contributed by atoms with van der Waals surface area (Å²) >= 11 is 12.1. The molecule has 0 N–H and O–H groups in total. The van der Waals surface area contributed by atoms with Crippen LogP contribution in [-0.2, 0) is 9.53 Å². The molecule has 0 radical (unpaired) electrons. The molecule has 2 heterocycles. The summed E-state index contributed by atoms with van der Waals surface area (Å²) in [4.78, 5) is 16.5. The number of carbonyl (C=O) groups excluding carboxylic acids is 1. The van der Waals surface area contributed by atoms with Gasteiger partial charge in [0.15, 0.2) is 0 Å². The Morgan fingerprint density at radius 2 is 1.76 bits per heavy atom. The van der Waals surface area contributed by atoms with E-state index in [2.05, 4.69) is 4.98 Å². The number of benzene rings is 2. The van der Waals surface area contributed by atoms with Gasteiger partial charge in [-0.25, -0.2) is 9.78 Å². The second-order valence-corrected chi connectivity index (χ2v) is 6.36. The van der Waals surface area contributed by atoms with E-state index in [9.17, 15) is 4.79 Å². The number of nitrogens with zero attached hydrogens (tertiary/aromatic N) is 1. The van der Waals surface area contributed by atoms with E-state index in [0.717, 1.165) is 16.5 Å². The van der Waals surface area contributed by atoms with Crippen molar-refractivity contribution in [3.63, 3.8) is 0 Å². The Bertz CT molecular complexity index is 1050. The molecule has 4 rings (SSSR count). The number of hydrogen-bond acceptors (Lipinski definition) is 3. The van der Waals surface area contributed by atoms with Gasteiger partial charge < -0.3 is 4.74 Å². The number of halogens is 2. The number of pyridine rings is 1. The average molecular weight is 368 g/mol. The Balaban J connectivity index is 1.74. The Hall–Kier alpha value is -2.62. The van der Waals surface area contributed by atoms with Crippen LogP contribution >= 0.6 is 23.2 Å². The van der Waals surface area contributed by atoms with Gasteiger partial charge in [0, 0.05) is 21.5 Å². The molecule has 0 aliphatic carbocycles. The van der Waals surface area contributed by atoms with Crippen molar-refractivity contribution >= 4 is 51.9 Å². The lowest BCUT2D eigenvalue weighted by Gasteiger charge is -2.02. The van der Waals surface area contributed by atoms with Crippen molar-refractivity contribution < 1.29 is 9.53 Å². The maximum absolute atomic E-state index is 12.2. The first-order valence-corrected chi connectivity index (χ1v) is 8.32. The van der Waals surface area contributed by atoms with Gasteiger partial charge in [-0.3, -0.25) is 0 Å². The summed E-state index contributed by atoms with van der Waals surface area (Å²) in [6, 6.07) is 16.7. The first-order chi connectivity index (χ1) is 12.1. The molecule has 0 fully saturated rings. The highest BCUT2D eigenvalue weighted by molar-refractivity contribution is 6.31. The van der Waals surface area contributed by atoms with Crippen molar-refractivity contribution in [1.82, 2.24) is 4.98 Å². The molecule has 5 heteroatoms. The van der Waals surface area contributed by atoms with Crippen LogP contribution in [0.25, 0.3) is 22.7 Å². The number of aromatic nitrogens is 1. The van der Waals surface area contributed by atoms with Gasteiger partial charge in [-0.05, 0) is 48.6 Å². The fourth-order valence-electron chi connectivity index (χ4n) is 2.62. The molecule has 25 heavy (non-hydrogen) atoms. The van der Waals surface area contributed by atoms with Crippen LogP contribution in [0.1, 0.15) is 11.1 Å². The van der Waals surface area contributed by atoms with E-state index >= 15 is 0 Å². The summed E-state index contributed by atoms with van der Waals surface area (Å²) in [5.74, 6) is 0.0620. The molecule has 0 saturated carbocycles. The summed E-state index contributed by atoms with van der Waals surface area (Å²) in [7, 11) is 0. The first kappa shape index (κ1) is 15.9. The number of rotatable bonds is 2. The number of esters is 1. The Kier molecular flexibility index (Phi) is 4.04. The van der Waals surface area contributed by atoms with Crippen LogP contribution in [0, 0.1) is 0 Å². The highest BCUT2D eigenvalue weighted by Crippen LogP contribution is 2.30. The van der Waals surface area contributed by atoms with Crippen LogP contribution < -0.4 is 0 Å². The zero-order chi connectivity index (χ0) is 17.4. The van der Waals surface area contributed by atoms with Crippen molar-refractivity contribution in [3.05, 3.63) is 87.5 Å². The van der Waals surface area contributed by atoms with Crippen molar-refractivity contribution in [2.24, 2.45) is 0 Å². The SMILES string of the molecule is O=C1OC(c2ccc(Cl)cc2)=C/C1=C/c1cc2ccccc2nc1Cl. The molecule has 3 aromatic rings. The molecule has 0 saturated heterocycles. The number of cyclic esters (lactones) is 1. The maximum Gasteiger partial charge on any atom is 0.343 e. The number of hydrogen-bond donors (Lipinski definition) is 0. The van der Waals surface area contributed by atoms with E-state index in [1.165, 1.54) is 0 Å². The number of ether oxygens (including phenoxy) is 1. The van der Waals surface area contributed by atoms with E-state index < -0.39 is 5.97 Å². The molecule has 0 spiro atoms. The first-order valence-electron chi connectivity index (χ1n) is 7.57. The molecule has 2 aromatic carbocycles. The lowest BCUT2D eigenvalue weighted by Crippen LogP contribution is -1.97. The van der Waals surface area contributed by atoms with Crippen LogP contribution in [0.3, 0.4) is 0 Å². The monoisotopic (exact) mass is 367 g/mol. The molecule has 0 bridgehead atoms. The van der Waals surface area contributed by atoms with Crippen molar-refractivity contribution in [2.45, 2.75) is 0 Å². The van der Waals surface area contributed by atoms with E-state index in [0.29, 0.717) is 27.1 Å². The van der Waals surface area contributed by atoms with Crippen molar-refractivity contribution in [1.29, 1.82) is 0 Å². The Morgan fingerprint density at radius 1 is 1.00 bits per heavy atom. The molecule has 1 aliphatic rings. The van der Waals surface area contributed by atoms with Gasteiger partial charge in [0.1, 0.15) is 10.9 Å². The smallest absolute Gasteiger partial charge is 0.343 e. The van der Waals surface area contributed by atoms with Crippen LogP contribution in [0.4, 0.5) is 0 Å². The molecule has 1 aliphatic heterocycles. The molecule has 1 aromatic heterocycles. The Labute approximate surface area is 154 Å². The van der Waals surface area contributed by atoms with Gasteiger partial charge in [-0.1, -0.05) is 41.4 Å². The van der Waals surface area contributed by atoms with Crippen molar-refractivity contribution in [3.8, 4) is 0 Å². The molecule has 3 nitrogen and oxygen atoms in total. The minimum atomic E-state index is -0.422. The van der Waals surface area contributed by atoms with Crippen molar-refractivity contribution in [2.75, 3.05) is 0 Å². The van der Waals surface area contributed by atoms with Gasteiger partial charge in [0.25, 0.3) is 0 Å². The van der Waals surface area contributed by atoms with Gasteiger partial charge in [0.2, 0.25) is 0 Å². The highest BCUT2D eigenvalue weighted by Gasteiger charge is 2.22. The zero-order valence-corrected chi connectivity index (χ0v) is 14.4. The van der Waals surface area contributed by atoms with E-state index in [4.69, 9.17) is 27.9 Å². The summed E-state index contributed by atoms with van der Waals surface area (Å²) in [6.07, 6.45) is 3.38. The predicted molar refractivity (Wildman–Crippen MR) is 100 cm³/mol. The Morgan fingerprint density at radius 3 is 2.56 bits per heavy atom. The molecule has 0 atom stereocenters. The molecular weight excluding hydrogens is 357 g/mol. The van der Waals surface area contributed by atoms with Crippen LogP contribution in [0.2, 0.25) is 10.2 Å². The summed E-state index contributed by atoms with van der Waals surface area (Å²) in [5, 5.41) is 1.91. The molecule has 122 valence electrons. The van der Waals surface area contributed by atoms with Gasteiger partial charge in [0.05, 0.1) is 11.1 Å². The van der Waals surface area contributed by atoms with Crippen LogP contribution in [-0.4, -0.2) is 11.0 Å². The molecule has 0 amide bonds. The summed E-state index contributed by atoms with van der Waals surface area (Å²) in [5.41, 5.74) is 2.68. The summed E-state index contributed by atoms with van der Waals surface area (Å²) < 4.78 is 5.35. The molecule has 0 unspecified atom stereocenters. The van der Waals surface area contributed by atoms with E-state index in [1.54, 1.807) is 36.4 Å². The number of fused-ring (bicyclic) bond motifs is 1. The van der Waals surface area contributed by atoms with Crippen LogP contribution in [0.5, 0.6) is 0 Å². The largest absolute Gasteiger partial charge is 0.422 e. The number of para-hydroxylation sites is 1. The standard InChI is InChI=1S/C20H11Cl2NO2/c21-16-7-5-12(6-8-16)18-11-15(20(24)25-18)10-14-9-13-3-1-2-4-17(13)23-19(14)22/h1-11H/b15-10-. The predicted octanol–water partition coefficient (Wildman–Crippen LogP) is 5.52. The zero-order valence-electron chi connectivity index (χ0n) is 12.9. The third-order valence-corrected chi connectivity index (χ3v) is 4.42. The van der Waals surface area contributed by atoms with Gasteiger partial charge in [-0.15, -0.1) is 0 Å². The second kappa shape index (κ2) is 6.36. The highest BCUT2D eigenvalue weighted by atomic mass is 35.5. The molecular formula is C20H11Cl2NO2. The minimum absolute atomic E-state index is 0.340. The fraction of sp³-hybridized carbons (Fsp3) is 0. The average Bonchev–Trinajstić information content (AvgIpc) is 2.97. The normalized spacial score (nSPS) is 15.5. The minimum Gasteiger partial charge on any atom is -0.422 e. The van der Waals surface area contributed by atoms with E-state index in [1.807, 2.05) is 30.3 Å². The third kappa shape index (κ3) is 3.16. The maximum atomic E-state index is 12.2.